The molecule has 0 amide bonds. The van der Waals surface area contributed by atoms with E-state index >= 15 is 0 Å². The van der Waals surface area contributed by atoms with Crippen LogP contribution in [0, 0.1) is 5.21 Å². The van der Waals surface area contributed by atoms with Gasteiger partial charge in [0.2, 0.25) is 0 Å². The zero-order chi connectivity index (χ0) is 8.97. The first kappa shape index (κ1) is 9.96. The van der Waals surface area contributed by atoms with Crippen LogP contribution >= 0.6 is 0 Å². The fourth-order valence-corrected chi connectivity index (χ4v) is 1.80. The van der Waals surface area contributed by atoms with Crippen LogP contribution in [0.3, 0.4) is 0 Å². The van der Waals surface area contributed by atoms with E-state index in [1.807, 2.05) is 6.92 Å². The fraction of sp³-hybridized carbons (Fsp3) is 1.00. The molecule has 0 aromatic rings. The third-order valence-electron chi connectivity index (χ3n) is 2.71. The number of nitrogens with one attached hydrogen (secondary N) is 1. The molecule has 1 fully saturated rings. The van der Waals surface area contributed by atoms with Gasteiger partial charge in [0, 0.05) is 6.42 Å². The lowest BCUT2D eigenvalue weighted by Crippen LogP contribution is -3.12. The first-order valence-electron chi connectivity index (χ1n) is 4.94. The van der Waals surface area contributed by atoms with E-state index < -0.39 is 0 Å². The average molecular weight is 173 g/mol. The van der Waals surface area contributed by atoms with Gasteiger partial charge < -0.3 is 15.4 Å². The summed E-state index contributed by atoms with van der Waals surface area (Å²) in [6.45, 7) is 2.69. The molecule has 0 aromatic carbocycles. The maximum atomic E-state index is 11.3. The Hall–Kier alpha value is -0.120. The van der Waals surface area contributed by atoms with Crippen LogP contribution in [0.4, 0.5) is 0 Å². The summed E-state index contributed by atoms with van der Waals surface area (Å²) in [6.07, 6.45) is 4.40. The maximum absolute atomic E-state index is 11.3. The molecule has 3 heteroatoms. The zero-order valence-electron chi connectivity index (χ0n) is 7.75. The smallest absolute Gasteiger partial charge is 0.0896 e. The predicted molar refractivity (Wildman–Crippen MR) is 47.8 cm³/mol. The van der Waals surface area contributed by atoms with Gasteiger partial charge in [0.1, 0.15) is 0 Å². The molecule has 0 saturated carbocycles. The van der Waals surface area contributed by atoms with Gasteiger partial charge >= 0.3 is 0 Å². The fourth-order valence-electron chi connectivity index (χ4n) is 1.80. The highest BCUT2D eigenvalue weighted by Gasteiger charge is 2.22. The molecular weight excluding hydrogens is 154 g/mol. The van der Waals surface area contributed by atoms with Gasteiger partial charge in [-0.2, -0.15) is 0 Å². The molecule has 72 valence electrons. The number of quaternary nitrogens is 1. The van der Waals surface area contributed by atoms with Gasteiger partial charge in [0.25, 0.3) is 0 Å². The Morgan fingerprint density at radius 2 is 2.33 bits per heavy atom. The summed E-state index contributed by atoms with van der Waals surface area (Å²) in [4.78, 5) is 0. The summed E-state index contributed by atoms with van der Waals surface area (Å²) in [5, 5.41) is 21.1. The van der Waals surface area contributed by atoms with E-state index in [0.29, 0.717) is 11.5 Å². The van der Waals surface area contributed by atoms with Crippen LogP contribution in [-0.2, 0) is 0 Å². The minimum absolute atomic E-state index is 0.161. The minimum Gasteiger partial charge on any atom is -0.634 e. The zero-order valence-corrected chi connectivity index (χ0v) is 7.75. The quantitative estimate of drug-likeness (QED) is 0.594. The van der Waals surface area contributed by atoms with Crippen molar-refractivity contribution in [2.75, 3.05) is 6.54 Å². The third-order valence-corrected chi connectivity index (χ3v) is 2.71. The number of hydrogen-bond donors (Lipinski definition) is 2. The van der Waals surface area contributed by atoms with Gasteiger partial charge in [-0.25, -0.2) is 0 Å². The Labute approximate surface area is 74.0 Å². The highest BCUT2D eigenvalue weighted by atomic mass is 16.5. The Morgan fingerprint density at radius 1 is 1.58 bits per heavy atom. The molecule has 0 aromatic heterocycles. The molecular formula is C9H19NO2. The molecule has 3 unspecified atom stereocenters. The normalized spacial score (nSPS) is 33.2. The van der Waals surface area contributed by atoms with Gasteiger partial charge in [0.05, 0.1) is 18.7 Å². The first-order valence-corrected chi connectivity index (χ1v) is 4.94. The van der Waals surface area contributed by atoms with Crippen molar-refractivity contribution in [2.24, 2.45) is 0 Å². The van der Waals surface area contributed by atoms with E-state index in [4.69, 9.17) is 0 Å². The summed E-state index contributed by atoms with van der Waals surface area (Å²) in [5.74, 6) is 0. The molecule has 1 aliphatic heterocycles. The summed E-state index contributed by atoms with van der Waals surface area (Å²) in [6, 6.07) is 0.161. The number of aliphatic hydroxyl groups excluding tert-OH is 1. The second kappa shape index (κ2) is 4.80. The minimum atomic E-state index is -0.267. The molecule has 0 bridgehead atoms. The Balaban J connectivity index is 2.28. The highest BCUT2D eigenvalue weighted by Crippen LogP contribution is 2.09. The van der Waals surface area contributed by atoms with Crippen molar-refractivity contribution in [2.45, 2.75) is 51.2 Å². The van der Waals surface area contributed by atoms with E-state index in [1.54, 1.807) is 0 Å². The molecule has 12 heavy (non-hydrogen) atoms. The van der Waals surface area contributed by atoms with Gasteiger partial charge in [-0.1, -0.05) is 6.92 Å². The van der Waals surface area contributed by atoms with Crippen LogP contribution in [-0.4, -0.2) is 23.8 Å². The monoisotopic (exact) mass is 173 g/mol. The van der Waals surface area contributed by atoms with Crippen molar-refractivity contribution in [3.8, 4) is 0 Å². The Bertz CT molecular complexity index is 130. The molecule has 3 nitrogen and oxygen atoms in total. The Kier molecular flexibility index (Phi) is 3.98. The second-order valence-corrected chi connectivity index (χ2v) is 3.71. The van der Waals surface area contributed by atoms with E-state index in [0.717, 1.165) is 32.2 Å². The van der Waals surface area contributed by atoms with Crippen LogP contribution in [0.2, 0.25) is 0 Å². The largest absolute Gasteiger partial charge is 0.634 e. The maximum Gasteiger partial charge on any atom is 0.0896 e. The molecule has 0 aliphatic carbocycles. The van der Waals surface area contributed by atoms with Crippen LogP contribution in [0.15, 0.2) is 0 Å². The van der Waals surface area contributed by atoms with Crippen LogP contribution in [0.25, 0.3) is 0 Å². The van der Waals surface area contributed by atoms with Crippen molar-refractivity contribution in [1.82, 2.24) is 0 Å². The van der Waals surface area contributed by atoms with Crippen molar-refractivity contribution in [3.05, 3.63) is 5.21 Å². The topological polar surface area (TPSA) is 47.7 Å². The van der Waals surface area contributed by atoms with E-state index in [9.17, 15) is 10.3 Å². The molecule has 1 aliphatic rings. The summed E-state index contributed by atoms with van der Waals surface area (Å²) in [5.41, 5.74) is 0. The van der Waals surface area contributed by atoms with Crippen molar-refractivity contribution < 1.29 is 10.2 Å². The molecule has 0 radical (unpaired) electrons. The molecule has 1 heterocycles. The lowest BCUT2D eigenvalue weighted by atomic mass is 9.98. The van der Waals surface area contributed by atoms with Crippen LogP contribution in [0.1, 0.15) is 39.0 Å². The summed E-state index contributed by atoms with van der Waals surface area (Å²) in [7, 11) is 0. The standard InChI is InChI=1S/C9H19NO2/c1-2-9(11)7-8-5-3-4-6-10(8)12/h8-11H,2-7H2,1H3. The first-order chi connectivity index (χ1) is 5.74. The predicted octanol–water partition coefficient (Wildman–Crippen LogP) is 0.0826. The molecule has 3 atom stereocenters. The van der Waals surface area contributed by atoms with E-state index in [1.165, 1.54) is 0 Å². The number of rotatable bonds is 3. The van der Waals surface area contributed by atoms with Gasteiger partial charge in [-0.3, -0.25) is 0 Å². The van der Waals surface area contributed by atoms with Crippen molar-refractivity contribution >= 4 is 0 Å². The third kappa shape index (κ3) is 2.73. The number of aliphatic hydroxyl groups is 1. The molecule has 2 N–H and O–H groups in total. The van der Waals surface area contributed by atoms with Crippen molar-refractivity contribution in [3.63, 3.8) is 0 Å². The second-order valence-electron chi connectivity index (χ2n) is 3.71. The van der Waals surface area contributed by atoms with Gasteiger partial charge in [-0.05, 0) is 25.7 Å². The number of hydroxylamine groups is 2. The Morgan fingerprint density at radius 3 is 2.92 bits per heavy atom. The SMILES string of the molecule is CCC(O)CC1CCCC[NH+]1[O-]. The number of piperidine rings is 1. The van der Waals surface area contributed by atoms with E-state index in [-0.39, 0.29) is 12.1 Å². The van der Waals surface area contributed by atoms with Gasteiger partial charge in [-0.15, -0.1) is 0 Å². The number of hydrogen-bond acceptors (Lipinski definition) is 2. The molecule has 1 saturated heterocycles. The lowest BCUT2D eigenvalue weighted by molar-refractivity contribution is -0.882. The highest BCUT2D eigenvalue weighted by molar-refractivity contribution is 4.66. The van der Waals surface area contributed by atoms with Gasteiger partial charge in [0.15, 0.2) is 0 Å². The van der Waals surface area contributed by atoms with Crippen LogP contribution in [0.5, 0.6) is 0 Å². The average Bonchev–Trinajstić information content (AvgIpc) is 2.09. The summed E-state index contributed by atoms with van der Waals surface area (Å²) >= 11 is 0. The molecule has 0 spiro atoms. The van der Waals surface area contributed by atoms with E-state index in [2.05, 4.69) is 0 Å². The molecule has 1 rings (SSSR count). The van der Waals surface area contributed by atoms with Crippen LogP contribution < -0.4 is 5.06 Å². The van der Waals surface area contributed by atoms with Crippen molar-refractivity contribution in [1.29, 1.82) is 0 Å². The lowest BCUT2D eigenvalue weighted by Gasteiger charge is -2.36. The summed E-state index contributed by atoms with van der Waals surface area (Å²) < 4.78 is 0.